The van der Waals surface area contributed by atoms with Gasteiger partial charge >= 0.3 is 0 Å². The minimum atomic E-state index is 0.125. The lowest BCUT2D eigenvalue weighted by molar-refractivity contribution is -0.117. The van der Waals surface area contributed by atoms with Gasteiger partial charge in [0.05, 0.1) is 0 Å². The maximum absolute atomic E-state index is 11.6. The molecule has 0 aliphatic heterocycles. The van der Waals surface area contributed by atoms with E-state index in [2.05, 4.69) is 38.2 Å². The first-order valence-electron chi connectivity index (χ1n) is 5.88. The van der Waals surface area contributed by atoms with Gasteiger partial charge in [0, 0.05) is 11.6 Å². The number of anilines is 1. The number of carbonyl (C=O) groups excluding carboxylic acids is 1. The highest BCUT2D eigenvalue weighted by Crippen LogP contribution is 2.31. The summed E-state index contributed by atoms with van der Waals surface area (Å²) in [6.45, 7) is 6.53. The molecule has 1 aromatic rings. The van der Waals surface area contributed by atoms with Gasteiger partial charge in [-0.15, -0.1) is 0 Å². The van der Waals surface area contributed by atoms with Crippen LogP contribution in [0, 0.1) is 5.92 Å². The summed E-state index contributed by atoms with van der Waals surface area (Å²) in [5.74, 6) is 0.435. The molecule has 2 rings (SSSR count). The monoisotopic (exact) mass is 217 g/mol. The third-order valence-corrected chi connectivity index (χ3v) is 2.94. The molecule has 1 aromatic carbocycles. The first kappa shape index (κ1) is 11.2. The molecule has 1 amide bonds. The van der Waals surface area contributed by atoms with Gasteiger partial charge in [-0.25, -0.2) is 0 Å². The molecule has 0 radical (unpaired) electrons. The smallest absolute Gasteiger partial charge is 0.227 e. The van der Waals surface area contributed by atoms with Crippen LogP contribution in [-0.2, 0) is 10.2 Å². The van der Waals surface area contributed by atoms with Crippen LogP contribution in [0.2, 0.25) is 0 Å². The molecule has 2 heteroatoms. The van der Waals surface area contributed by atoms with E-state index in [-0.39, 0.29) is 17.2 Å². The Balaban J connectivity index is 2.12. The van der Waals surface area contributed by atoms with E-state index in [1.165, 1.54) is 5.56 Å². The molecule has 1 fully saturated rings. The maximum Gasteiger partial charge on any atom is 0.227 e. The molecule has 0 aromatic heterocycles. The first-order chi connectivity index (χ1) is 7.47. The SMILES string of the molecule is CC(C)(C)c1cccc(NC(=O)C2CC2)c1. The van der Waals surface area contributed by atoms with Gasteiger partial charge in [-0.1, -0.05) is 32.9 Å². The molecule has 2 nitrogen and oxygen atoms in total. The van der Waals surface area contributed by atoms with Crippen molar-refractivity contribution in [2.24, 2.45) is 5.92 Å². The summed E-state index contributed by atoms with van der Waals surface area (Å²) in [6, 6.07) is 8.13. The third kappa shape index (κ3) is 2.63. The number of hydrogen-bond acceptors (Lipinski definition) is 1. The Hall–Kier alpha value is -1.31. The number of amides is 1. The summed E-state index contributed by atoms with van der Waals surface area (Å²) in [6.07, 6.45) is 2.09. The van der Waals surface area contributed by atoms with Crippen LogP contribution >= 0.6 is 0 Å². The second kappa shape index (κ2) is 3.93. The van der Waals surface area contributed by atoms with Crippen LogP contribution in [-0.4, -0.2) is 5.91 Å². The van der Waals surface area contributed by atoms with E-state index in [1.807, 2.05) is 12.1 Å². The number of rotatable bonds is 2. The summed E-state index contributed by atoms with van der Waals surface area (Å²) < 4.78 is 0. The van der Waals surface area contributed by atoms with Crippen molar-refractivity contribution in [2.45, 2.75) is 39.0 Å². The van der Waals surface area contributed by atoms with Crippen molar-refractivity contribution >= 4 is 11.6 Å². The zero-order valence-corrected chi connectivity index (χ0v) is 10.2. The van der Waals surface area contributed by atoms with Crippen molar-refractivity contribution in [1.82, 2.24) is 0 Å². The van der Waals surface area contributed by atoms with Crippen LogP contribution in [0.5, 0.6) is 0 Å². The molecular weight excluding hydrogens is 198 g/mol. The standard InChI is InChI=1S/C14H19NO/c1-14(2,3)11-5-4-6-12(9-11)15-13(16)10-7-8-10/h4-6,9-10H,7-8H2,1-3H3,(H,15,16). The summed E-state index contributed by atoms with van der Waals surface area (Å²) in [5, 5.41) is 2.98. The molecular formula is C14H19NO. The Morgan fingerprint density at radius 3 is 2.56 bits per heavy atom. The zero-order valence-electron chi connectivity index (χ0n) is 10.2. The first-order valence-corrected chi connectivity index (χ1v) is 5.88. The second-order valence-corrected chi connectivity index (χ2v) is 5.59. The average Bonchev–Trinajstić information content (AvgIpc) is 2.99. The van der Waals surface area contributed by atoms with Crippen LogP contribution in [0.1, 0.15) is 39.2 Å². The fourth-order valence-corrected chi connectivity index (χ4v) is 1.65. The van der Waals surface area contributed by atoms with Crippen LogP contribution in [0.4, 0.5) is 5.69 Å². The summed E-state index contributed by atoms with van der Waals surface area (Å²) >= 11 is 0. The van der Waals surface area contributed by atoms with Crippen LogP contribution in [0.25, 0.3) is 0 Å². The third-order valence-electron chi connectivity index (χ3n) is 2.94. The van der Waals surface area contributed by atoms with E-state index in [0.717, 1.165) is 18.5 Å². The van der Waals surface area contributed by atoms with Crippen molar-refractivity contribution < 1.29 is 4.79 Å². The summed E-state index contributed by atoms with van der Waals surface area (Å²) in [4.78, 5) is 11.6. The number of carbonyl (C=O) groups is 1. The molecule has 0 spiro atoms. The van der Waals surface area contributed by atoms with E-state index >= 15 is 0 Å². The van der Waals surface area contributed by atoms with Crippen molar-refractivity contribution in [3.05, 3.63) is 29.8 Å². The normalized spacial score (nSPS) is 15.9. The number of hydrogen-bond donors (Lipinski definition) is 1. The quantitative estimate of drug-likeness (QED) is 0.808. The van der Waals surface area contributed by atoms with Crippen molar-refractivity contribution in [3.63, 3.8) is 0 Å². The molecule has 0 atom stereocenters. The Bertz CT molecular complexity index is 399. The molecule has 0 unspecified atom stereocenters. The van der Waals surface area contributed by atoms with Gasteiger partial charge in [0.1, 0.15) is 0 Å². The molecule has 0 saturated heterocycles. The molecule has 1 N–H and O–H groups in total. The van der Waals surface area contributed by atoms with E-state index in [4.69, 9.17) is 0 Å². The van der Waals surface area contributed by atoms with Gasteiger partial charge in [0.15, 0.2) is 0 Å². The van der Waals surface area contributed by atoms with E-state index in [0.29, 0.717) is 0 Å². The van der Waals surface area contributed by atoms with Crippen molar-refractivity contribution in [3.8, 4) is 0 Å². The van der Waals surface area contributed by atoms with Crippen LogP contribution in [0.15, 0.2) is 24.3 Å². The minimum Gasteiger partial charge on any atom is -0.326 e. The Morgan fingerprint density at radius 1 is 1.31 bits per heavy atom. The van der Waals surface area contributed by atoms with Crippen molar-refractivity contribution in [1.29, 1.82) is 0 Å². The average molecular weight is 217 g/mol. The molecule has 0 heterocycles. The lowest BCUT2D eigenvalue weighted by atomic mass is 9.87. The molecule has 1 saturated carbocycles. The van der Waals surface area contributed by atoms with Gasteiger partial charge in [0.25, 0.3) is 0 Å². The molecule has 1 aliphatic rings. The highest BCUT2D eigenvalue weighted by atomic mass is 16.2. The highest BCUT2D eigenvalue weighted by Gasteiger charge is 2.29. The lowest BCUT2D eigenvalue weighted by Crippen LogP contribution is -2.15. The van der Waals surface area contributed by atoms with E-state index < -0.39 is 0 Å². The predicted octanol–water partition coefficient (Wildman–Crippen LogP) is 3.33. The van der Waals surface area contributed by atoms with Gasteiger partial charge in [0.2, 0.25) is 5.91 Å². The van der Waals surface area contributed by atoms with Crippen LogP contribution in [0.3, 0.4) is 0 Å². The summed E-state index contributed by atoms with van der Waals surface area (Å²) in [5.41, 5.74) is 2.30. The molecule has 0 bridgehead atoms. The fraction of sp³-hybridized carbons (Fsp3) is 0.500. The Kier molecular flexibility index (Phi) is 2.75. The van der Waals surface area contributed by atoms with Crippen molar-refractivity contribution in [2.75, 3.05) is 5.32 Å². The van der Waals surface area contributed by atoms with Gasteiger partial charge in [-0.2, -0.15) is 0 Å². The van der Waals surface area contributed by atoms with Gasteiger partial charge in [-0.3, -0.25) is 4.79 Å². The highest BCUT2D eigenvalue weighted by molar-refractivity contribution is 5.94. The molecule has 1 aliphatic carbocycles. The van der Waals surface area contributed by atoms with Gasteiger partial charge < -0.3 is 5.32 Å². The van der Waals surface area contributed by atoms with E-state index in [1.54, 1.807) is 0 Å². The predicted molar refractivity (Wildman–Crippen MR) is 66.5 cm³/mol. The Morgan fingerprint density at radius 2 is 2.00 bits per heavy atom. The number of benzene rings is 1. The lowest BCUT2D eigenvalue weighted by Gasteiger charge is -2.19. The summed E-state index contributed by atoms with van der Waals surface area (Å²) in [7, 11) is 0. The number of nitrogens with one attached hydrogen (secondary N) is 1. The van der Waals surface area contributed by atoms with E-state index in [9.17, 15) is 4.79 Å². The molecule has 86 valence electrons. The fourth-order valence-electron chi connectivity index (χ4n) is 1.65. The second-order valence-electron chi connectivity index (χ2n) is 5.59. The Labute approximate surface area is 97.1 Å². The maximum atomic E-state index is 11.6. The topological polar surface area (TPSA) is 29.1 Å². The molecule has 16 heavy (non-hydrogen) atoms. The largest absolute Gasteiger partial charge is 0.326 e. The minimum absolute atomic E-state index is 0.125. The van der Waals surface area contributed by atoms with Gasteiger partial charge in [-0.05, 0) is 36.0 Å². The zero-order chi connectivity index (χ0) is 11.8. The van der Waals surface area contributed by atoms with Crippen LogP contribution < -0.4 is 5.32 Å².